The molecule has 2 atom stereocenters. The average Bonchev–Trinajstić information content (AvgIpc) is 3.41. The Morgan fingerprint density at radius 1 is 1.16 bits per heavy atom. The van der Waals surface area contributed by atoms with E-state index in [9.17, 15) is 9.18 Å². The number of hydrogen-bond donors (Lipinski definition) is 3. The molecule has 0 spiro atoms. The van der Waals surface area contributed by atoms with Gasteiger partial charge in [0, 0.05) is 24.2 Å². The molecule has 1 aliphatic heterocycles. The summed E-state index contributed by atoms with van der Waals surface area (Å²) in [6.07, 6.45) is 2.18. The molecule has 4 rings (SSSR count). The second kappa shape index (κ2) is 8.75. The van der Waals surface area contributed by atoms with Crippen molar-refractivity contribution in [3.63, 3.8) is 0 Å². The van der Waals surface area contributed by atoms with Crippen molar-refractivity contribution in [3.05, 3.63) is 60.0 Å². The first-order valence-electron chi connectivity index (χ1n) is 9.81. The normalized spacial score (nSPS) is 18.1. The van der Waals surface area contributed by atoms with Gasteiger partial charge in [-0.1, -0.05) is 6.07 Å². The van der Waals surface area contributed by atoms with Gasteiger partial charge in [0.2, 0.25) is 11.9 Å². The molecule has 8 nitrogen and oxygen atoms in total. The monoisotopic (exact) mass is 425 g/mol. The first-order chi connectivity index (χ1) is 15.0. The summed E-state index contributed by atoms with van der Waals surface area (Å²) < 4.78 is 25.7. The zero-order chi connectivity index (χ0) is 22.0. The molecule has 2 heterocycles. The fourth-order valence-corrected chi connectivity index (χ4v) is 3.65. The van der Waals surface area contributed by atoms with Gasteiger partial charge in [-0.15, -0.1) is 0 Å². The Morgan fingerprint density at radius 2 is 1.94 bits per heavy atom. The Bertz CT molecular complexity index is 1080. The lowest BCUT2D eigenvalue weighted by Crippen LogP contribution is -2.40. The topological polar surface area (TPSA) is 89.4 Å². The number of nitrogens with zero attached hydrogens (tertiary/aromatic N) is 2. The van der Waals surface area contributed by atoms with Crippen LogP contribution in [0.5, 0.6) is 11.5 Å². The predicted molar refractivity (Wildman–Crippen MR) is 114 cm³/mol. The number of halogens is 1. The number of hydrazine groups is 1. The van der Waals surface area contributed by atoms with E-state index in [2.05, 4.69) is 21.2 Å². The minimum absolute atomic E-state index is 0.104. The first kappa shape index (κ1) is 20.8. The zero-order valence-corrected chi connectivity index (χ0v) is 17.5. The minimum atomic E-state index is -0.456. The lowest BCUT2D eigenvalue weighted by Gasteiger charge is -2.15. The van der Waals surface area contributed by atoms with Crippen molar-refractivity contribution < 1.29 is 18.7 Å². The maximum absolute atomic E-state index is 13.2. The van der Waals surface area contributed by atoms with E-state index in [1.165, 1.54) is 12.1 Å². The highest BCUT2D eigenvalue weighted by Crippen LogP contribution is 2.33. The number of methoxy groups -OCH3 is 2. The number of imidazole rings is 1. The third-order valence-electron chi connectivity index (χ3n) is 5.40. The Balaban J connectivity index is 1.44. The van der Waals surface area contributed by atoms with Gasteiger partial charge >= 0.3 is 0 Å². The summed E-state index contributed by atoms with van der Waals surface area (Å²) in [4.78, 5) is 17.1. The Kier molecular flexibility index (Phi) is 5.88. The maximum atomic E-state index is 13.2. The largest absolute Gasteiger partial charge is 0.497 e. The van der Waals surface area contributed by atoms with Gasteiger partial charge < -0.3 is 14.0 Å². The van der Waals surface area contributed by atoms with Crippen LogP contribution in [0.25, 0.3) is 11.3 Å². The van der Waals surface area contributed by atoms with E-state index >= 15 is 0 Å². The summed E-state index contributed by atoms with van der Waals surface area (Å²) in [5.74, 6) is 1.29. The standard InChI is InChI=1S/C22H24FN5O3/c1-28-19(13-4-6-14(23)7-5-13)12-24-22(28)25-21(29)18-11-17(26-27-18)16-9-8-15(30-2)10-20(16)31-3/h4-10,12,17-18,26-27H,11H2,1-3H3,(H,24,25,29). The van der Waals surface area contributed by atoms with Crippen LogP contribution in [0.4, 0.5) is 10.3 Å². The maximum Gasteiger partial charge on any atom is 0.245 e. The van der Waals surface area contributed by atoms with Crippen molar-refractivity contribution in [1.82, 2.24) is 20.4 Å². The smallest absolute Gasteiger partial charge is 0.245 e. The van der Waals surface area contributed by atoms with Gasteiger partial charge in [0.05, 0.1) is 32.2 Å². The number of carbonyl (C=O) groups is 1. The molecule has 31 heavy (non-hydrogen) atoms. The van der Waals surface area contributed by atoms with Crippen LogP contribution in [0.3, 0.4) is 0 Å². The Morgan fingerprint density at radius 3 is 2.65 bits per heavy atom. The first-order valence-corrected chi connectivity index (χ1v) is 9.81. The number of ether oxygens (including phenoxy) is 2. The van der Waals surface area contributed by atoms with Crippen molar-refractivity contribution in [3.8, 4) is 22.8 Å². The molecular formula is C22H24FN5O3. The van der Waals surface area contributed by atoms with Crippen LogP contribution in [-0.4, -0.2) is 35.7 Å². The molecule has 1 aromatic heterocycles. The average molecular weight is 425 g/mol. The SMILES string of the molecule is COc1ccc(C2CC(C(=O)Nc3ncc(-c4ccc(F)cc4)n3C)NN2)c(OC)c1. The van der Waals surface area contributed by atoms with Crippen LogP contribution in [0, 0.1) is 5.82 Å². The van der Waals surface area contributed by atoms with Gasteiger partial charge in [-0.05, 0) is 36.8 Å². The van der Waals surface area contributed by atoms with Gasteiger partial charge in [0.1, 0.15) is 23.4 Å². The second-order valence-electron chi connectivity index (χ2n) is 7.26. The predicted octanol–water partition coefficient (Wildman–Crippen LogP) is 2.79. The molecule has 162 valence electrons. The summed E-state index contributed by atoms with van der Waals surface area (Å²) in [5, 5.41) is 2.86. The third-order valence-corrected chi connectivity index (χ3v) is 5.40. The fraction of sp³-hybridized carbons (Fsp3) is 0.273. The number of amides is 1. The van der Waals surface area contributed by atoms with E-state index in [1.54, 1.807) is 44.2 Å². The quantitative estimate of drug-likeness (QED) is 0.563. The van der Waals surface area contributed by atoms with Crippen molar-refractivity contribution >= 4 is 11.9 Å². The lowest BCUT2D eigenvalue weighted by molar-refractivity contribution is -0.118. The van der Waals surface area contributed by atoms with Crippen molar-refractivity contribution in [2.75, 3.05) is 19.5 Å². The van der Waals surface area contributed by atoms with Crippen LogP contribution in [0.1, 0.15) is 18.0 Å². The third kappa shape index (κ3) is 4.23. The van der Waals surface area contributed by atoms with E-state index in [4.69, 9.17) is 9.47 Å². The molecule has 1 fully saturated rings. The van der Waals surface area contributed by atoms with Gasteiger partial charge in [-0.25, -0.2) is 20.2 Å². The lowest BCUT2D eigenvalue weighted by atomic mass is 10.0. The molecule has 1 amide bonds. The van der Waals surface area contributed by atoms with Crippen LogP contribution in [-0.2, 0) is 11.8 Å². The molecule has 0 saturated carbocycles. The van der Waals surface area contributed by atoms with Crippen LogP contribution >= 0.6 is 0 Å². The second-order valence-corrected chi connectivity index (χ2v) is 7.26. The fourth-order valence-electron chi connectivity index (χ4n) is 3.65. The van der Waals surface area contributed by atoms with Crippen molar-refractivity contribution in [2.24, 2.45) is 7.05 Å². The summed E-state index contributed by atoms with van der Waals surface area (Å²) in [7, 11) is 5.00. The molecule has 9 heteroatoms. The Labute approximate surface area is 179 Å². The van der Waals surface area contributed by atoms with Crippen molar-refractivity contribution in [1.29, 1.82) is 0 Å². The van der Waals surface area contributed by atoms with Gasteiger partial charge in [-0.2, -0.15) is 0 Å². The van der Waals surface area contributed by atoms with E-state index < -0.39 is 6.04 Å². The molecule has 3 aromatic rings. The molecule has 2 unspecified atom stereocenters. The van der Waals surface area contributed by atoms with E-state index in [0.29, 0.717) is 23.9 Å². The van der Waals surface area contributed by atoms with Crippen molar-refractivity contribution in [2.45, 2.75) is 18.5 Å². The summed E-state index contributed by atoms with van der Waals surface area (Å²) >= 11 is 0. The summed E-state index contributed by atoms with van der Waals surface area (Å²) in [5.41, 5.74) is 8.71. The van der Waals surface area contributed by atoms with Crippen LogP contribution in [0.15, 0.2) is 48.7 Å². The summed E-state index contributed by atoms with van der Waals surface area (Å²) in [6, 6.07) is 11.2. The molecular weight excluding hydrogens is 401 g/mol. The Hall–Kier alpha value is -3.43. The number of aromatic nitrogens is 2. The number of benzene rings is 2. The number of anilines is 1. The minimum Gasteiger partial charge on any atom is -0.497 e. The molecule has 1 saturated heterocycles. The number of carbonyl (C=O) groups excluding carboxylic acids is 1. The molecule has 0 aliphatic carbocycles. The van der Waals surface area contributed by atoms with E-state index in [0.717, 1.165) is 16.8 Å². The zero-order valence-electron chi connectivity index (χ0n) is 17.5. The molecule has 2 aromatic carbocycles. The molecule has 0 radical (unpaired) electrons. The van der Waals surface area contributed by atoms with Gasteiger partial charge in [0.15, 0.2) is 0 Å². The highest BCUT2D eigenvalue weighted by molar-refractivity contribution is 5.94. The highest BCUT2D eigenvalue weighted by atomic mass is 19.1. The molecule has 3 N–H and O–H groups in total. The van der Waals surface area contributed by atoms with E-state index in [-0.39, 0.29) is 17.8 Å². The van der Waals surface area contributed by atoms with Crippen LogP contribution in [0.2, 0.25) is 0 Å². The number of hydrogen-bond acceptors (Lipinski definition) is 6. The number of nitrogens with one attached hydrogen (secondary N) is 3. The number of rotatable bonds is 6. The highest BCUT2D eigenvalue weighted by Gasteiger charge is 2.32. The van der Waals surface area contributed by atoms with Gasteiger partial charge in [-0.3, -0.25) is 10.1 Å². The van der Waals surface area contributed by atoms with E-state index in [1.807, 2.05) is 18.2 Å². The summed E-state index contributed by atoms with van der Waals surface area (Å²) in [6.45, 7) is 0. The molecule has 1 aliphatic rings. The van der Waals surface area contributed by atoms with Crippen LogP contribution < -0.4 is 25.6 Å². The molecule has 0 bridgehead atoms. The van der Waals surface area contributed by atoms with Gasteiger partial charge in [0.25, 0.3) is 0 Å².